The molecule has 1 heterocycles. The first-order chi connectivity index (χ1) is 11.1. The summed E-state index contributed by atoms with van der Waals surface area (Å²) < 4.78 is 10.8. The van der Waals surface area contributed by atoms with Crippen LogP contribution >= 0.6 is 0 Å². The Bertz CT molecular complexity index is 614. The summed E-state index contributed by atoms with van der Waals surface area (Å²) in [7, 11) is 1.64. The van der Waals surface area contributed by atoms with E-state index >= 15 is 0 Å². The number of aryl methyl sites for hydroxylation is 1. The van der Waals surface area contributed by atoms with Gasteiger partial charge >= 0.3 is 0 Å². The lowest BCUT2D eigenvalue weighted by Crippen LogP contribution is -2.16. The van der Waals surface area contributed by atoms with E-state index < -0.39 is 0 Å². The SMILES string of the molecule is COc1ccc(OCCNc2nc(C)cc(NC(C)C)n2)cc1. The second-order valence-electron chi connectivity index (χ2n) is 5.47. The zero-order chi connectivity index (χ0) is 16.7. The first-order valence-electron chi connectivity index (χ1n) is 7.70. The lowest BCUT2D eigenvalue weighted by Gasteiger charge is -2.12. The number of anilines is 2. The summed E-state index contributed by atoms with van der Waals surface area (Å²) in [4.78, 5) is 8.81. The Kier molecular flexibility index (Phi) is 6.02. The van der Waals surface area contributed by atoms with Crippen LogP contribution in [0.25, 0.3) is 0 Å². The highest BCUT2D eigenvalue weighted by atomic mass is 16.5. The van der Waals surface area contributed by atoms with Gasteiger partial charge < -0.3 is 20.1 Å². The minimum Gasteiger partial charge on any atom is -0.497 e. The smallest absolute Gasteiger partial charge is 0.224 e. The summed E-state index contributed by atoms with van der Waals surface area (Å²) in [5.74, 6) is 3.05. The molecular formula is C17H24N4O2. The van der Waals surface area contributed by atoms with Crippen molar-refractivity contribution in [3.63, 3.8) is 0 Å². The fourth-order valence-electron chi connectivity index (χ4n) is 2.02. The van der Waals surface area contributed by atoms with E-state index in [1.165, 1.54) is 0 Å². The number of hydrogen-bond acceptors (Lipinski definition) is 6. The molecule has 0 aliphatic rings. The molecule has 0 saturated heterocycles. The third-order valence-electron chi connectivity index (χ3n) is 3.00. The minimum atomic E-state index is 0.329. The largest absolute Gasteiger partial charge is 0.497 e. The lowest BCUT2D eigenvalue weighted by atomic mass is 10.3. The van der Waals surface area contributed by atoms with Crippen LogP contribution in [0.4, 0.5) is 11.8 Å². The fraction of sp³-hybridized carbons (Fsp3) is 0.412. The monoisotopic (exact) mass is 316 g/mol. The van der Waals surface area contributed by atoms with Crippen molar-refractivity contribution in [3.8, 4) is 11.5 Å². The predicted octanol–water partition coefficient (Wildman–Crippen LogP) is 3.10. The van der Waals surface area contributed by atoms with Crippen LogP contribution in [-0.2, 0) is 0 Å². The standard InChI is InChI=1S/C17H24N4O2/c1-12(2)19-16-11-13(3)20-17(21-16)18-9-10-23-15-7-5-14(22-4)6-8-15/h5-8,11-12H,9-10H2,1-4H3,(H2,18,19,20,21). The quantitative estimate of drug-likeness (QED) is 0.729. The zero-order valence-electron chi connectivity index (χ0n) is 14.1. The average molecular weight is 316 g/mol. The molecule has 0 atom stereocenters. The number of nitrogens with zero attached hydrogens (tertiary/aromatic N) is 2. The van der Waals surface area contributed by atoms with Gasteiger partial charge in [-0.1, -0.05) is 0 Å². The second kappa shape index (κ2) is 8.22. The highest BCUT2D eigenvalue weighted by Gasteiger charge is 2.03. The third kappa shape index (κ3) is 5.65. The van der Waals surface area contributed by atoms with E-state index in [2.05, 4.69) is 34.4 Å². The van der Waals surface area contributed by atoms with Gasteiger partial charge in [0.25, 0.3) is 0 Å². The molecule has 0 aliphatic heterocycles. The number of methoxy groups -OCH3 is 1. The van der Waals surface area contributed by atoms with Crippen LogP contribution in [0, 0.1) is 6.92 Å². The summed E-state index contributed by atoms with van der Waals surface area (Å²) in [6, 6.07) is 9.76. The van der Waals surface area contributed by atoms with E-state index in [0.29, 0.717) is 25.1 Å². The van der Waals surface area contributed by atoms with Crippen molar-refractivity contribution in [2.45, 2.75) is 26.8 Å². The molecular weight excluding hydrogens is 292 g/mol. The van der Waals surface area contributed by atoms with Crippen molar-refractivity contribution in [1.82, 2.24) is 9.97 Å². The molecule has 2 aromatic rings. The van der Waals surface area contributed by atoms with Crippen LogP contribution < -0.4 is 20.1 Å². The molecule has 124 valence electrons. The number of ether oxygens (including phenoxy) is 2. The number of nitrogens with one attached hydrogen (secondary N) is 2. The lowest BCUT2D eigenvalue weighted by molar-refractivity contribution is 0.331. The van der Waals surface area contributed by atoms with Gasteiger partial charge in [-0.25, -0.2) is 4.98 Å². The molecule has 23 heavy (non-hydrogen) atoms. The summed E-state index contributed by atoms with van der Waals surface area (Å²) in [6.07, 6.45) is 0. The van der Waals surface area contributed by atoms with Gasteiger partial charge in [-0.15, -0.1) is 0 Å². The van der Waals surface area contributed by atoms with E-state index in [0.717, 1.165) is 23.0 Å². The van der Waals surface area contributed by atoms with Crippen molar-refractivity contribution < 1.29 is 9.47 Å². The fourth-order valence-corrected chi connectivity index (χ4v) is 2.02. The molecule has 0 fully saturated rings. The van der Waals surface area contributed by atoms with Gasteiger partial charge in [0.1, 0.15) is 23.9 Å². The molecule has 1 aromatic heterocycles. The van der Waals surface area contributed by atoms with E-state index in [1.807, 2.05) is 37.3 Å². The Balaban J connectivity index is 1.82. The Morgan fingerprint density at radius 3 is 2.43 bits per heavy atom. The Labute approximate surface area is 137 Å². The summed E-state index contributed by atoms with van der Waals surface area (Å²) in [5, 5.41) is 6.46. The highest BCUT2D eigenvalue weighted by molar-refractivity contribution is 5.42. The number of hydrogen-bond donors (Lipinski definition) is 2. The van der Waals surface area contributed by atoms with Crippen LogP contribution in [0.2, 0.25) is 0 Å². The predicted molar refractivity (Wildman–Crippen MR) is 92.5 cm³/mol. The molecule has 0 aliphatic carbocycles. The number of benzene rings is 1. The molecule has 2 N–H and O–H groups in total. The van der Waals surface area contributed by atoms with Gasteiger partial charge in [0.2, 0.25) is 5.95 Å². The van der Waals surface area contributed by atoms with Gasteiger partial charge in [0, 0.05) is 17.8 Å². The molecule has 0 radical (unpaired) electrons. The van der Waals surface area contributed by atoms with Crippen LogP contribution in [0.3, 0.4) is 0 Å². The van der Waals surface area contributed by atoms with Crippen molar-refractivity contribution in [1.29, 1.82) is 0 Å². The second-order valence-corrected chi connectivity index (χ2v) is 5.47. The summed E-state index contributed by atoms with van der Waals surface area (Å²) >= 11 is 0. The molecule has 6 heteroatoms. The van der Waals surface area contributed by atoms with Crippen LogP contribution in [0.1, 0.15) is 19.5 Å². The van der Waals surface area contributed by atoms with Gasteiger partial charge in [-0.05, 0) is 45.0 Å². The maximum atomic E-state index is 5.66. The molecule has 0 unspecified atom stereocenters. The van der Waals surface area contributed by atoms with E-state index in [4.69, 9.17) is 9.47 Å². The van der Waals surface area contributed by atoms with Crippen LogP contribution in [-0.4, -0.2) is 36.3 Å². The van der Waals surface area contributed by atoms with Gasteiger partial charge in [-0.3, -0.25) is 0 Å². The van der Waals surface area contributed by atoms with E-state index in [1.54, 1.807) is 7.11 Å². The van der Waals surface area contributed by atoms with Gasteiger partial charge in [-0.2, -0.15) is 4.98 Å². The number of aromatic nitrogens is 2. The van der Waals surface area contributed by atoms with Crippen molar-refractivity contribution in [3.05, 3.63) is 36.0 Å². The van der Waals surface area contributed by atoms with Gasteiger partial charge in [0.15, 0.2) is 0 Å². The van der Waals surface area contributed by atoms with Crippen LogP contribution in [0.5, 0.6) is 11.5 Å². The first-order valence-corrected chi connectivity index (χ1v) is 7.70. The van der Waals surface area contributed by atoms with Crippen molar-refractivity contribution in [2.24, 2.45) is 0 Å². The maximum Gasteiger partial charge on any atom is 0.224 e. The van der Waals surface area contributed by atoms with Crippen molar-refractivity contribution >= 4 is 11.8 Å². The Morgan fingerprint density at radius 1 is 1.09 bits per heavy atom. The normalized spacial score (nSPS) is 10.5. The Morgan fingerprint density at radius 2 is 1.78 bits per heavy atom. The van der Waals surface area contributed by atoms with Crippen LogP contribution in [0.15, 0.2) is 30.3 Å². The molecule has 0 amide bonds. The first kappa shape index (κ1) is 16.9. The average Bonchev–Trinajstić information content (AvgIpc) is 2.51. The van der Waals surface area contributed by atoms with Crippen molar-refractivity contribution in [2.75, 3.05) is 30.9 Å². The van der Waals surface area contributed by atoms with E-state index in [9.17, 15) is 0 Å². The molecule has 0 bridgehead atoms. The topological polar surface area (TPSA) is 68.3 Å². The van der Waals surface area contributed by atoms with Gasteiger partial charge in [0.05, 0.1) is 13.7 Å². The highest BCUT2D eigenvalue weighted by Crippen LogP contribution is 2.17. The Hall–Kier alpha value is -2.50. The molecule has 0 spiro atoms. The minimum absolute atomic E-state index is 0.329. The van der Waals surface area contributed by atoms with E-state index in [-0.39, 0.29) is 0 Å². The maximum absolute atomic E-state index is 5.66. The summed E-state index contributed by atoms with van der Waals surface area (Å²) in [5.41, 5.74) is 0.918. The third-order valence-corrected chi connectivity index (χ3v) is 3.00. The number of rotatable bonds is 8. The molecule has 6 nitrogen and oxygen atoms in total. The zero-order valence-corrected chi connectivity index (χ0v) is 14.1. The summed E-state index contributed by atoms with van der Waals surface area (Å²) in [6.45, 7) is 7.25. The molecule has 1 aromatic carbocycles. The molecule has 0 saturated carbocycles. The molecule has 2 rings (SSSR count).